The molecule has 5 heteroatoms. The van der Waals surface area contributed by atoms with E-state index in [2.05, 4.69) is 15.4 Å². The second-order valence-corrected chi connectivity index (χ2v) is 2.26. The van der Waals surface area contributed by atoms with E-state index in [9.17, 15) is 4.79 Å². The first kappa shape index (κ1) is 6.90. The van der Waals surface area contributed by atoms with Crippen LogP contribution in [0.3, 0.4) is 0 Å². The van der Waals surface area contributed by atoms with Crippen LogP contribution in [-0.4, -0.2) is 10.9 Å². The molecule has 0 aliphatic carbocycles. The highest BCUT2D eigenvalue weighted by Gasteiger charge is 2.28. The molecule has 0 saturated carbocycles. The molecule has 0 saturated heterocycles. The second-order valence-electron chi connectivity index (χ2n) is 2.26. The molecule has 0 fully saturated rings. The molecule has 1 amide bonds. The lowest BCUT2D eigenvalue weighted by atomic mass is 10.2. The second kappa shape index (κ2) is 2.69. The molecule has 0 spiro atoms. The molecular weight excluding hydrogens is 158 g/mol. The van der Waals surface area contributed by atoms with Crippen LogP contribution in [0, 0.1) is 0 Å². The fourth-order valence-electron chi connectivity index (χ4n) is 0.920. The van der Waals surface area contributed by atoms with Gasteiger partial charge in [-0.1, -0.05) is 11.2 Å². The monoisotopic (exact) mass is 163 g/mol. The van der Waals surface area contributed by atoms with Crippen LogP contribution in [0.25, 0.3) is 0 Å². The van der Waals surface area contributed by atoms with Gasteiger partial charge >= 0.3 is 5.91 Å². The summed E-state index contributed by atoms with van der Waals surface area (Å²) in [6, 6.07) is 5.23. The van der Waals surface area contributed by atoms with Crippen molar-refractivity contribution < 1.29 is 9.63 Å². The number of nitrogens with zero attached hydrogens (tertiary/aromatic N) is 3. The molecular formula is C7H5N3O2. The summed E-state index contributed by atoms with van der Waals surface area (Å²) in [6.45, 7) is 0. The number of hydrogen-bond acceptors (Lipinski definition) is 4. The average molecular weight is 163 g/mol. The first-order chi connectivity index (χ1) is 5.88. The van der Waals surface area contributed by atoms with Crippen molar-refractivity contribution in [3.05, 3.63) is 30.1 Å². The van der Waals surface area contributed by atoms with Crippen molar-refractivity contribution in [1.82, 2.24) is 4.98 Å². The van der Waals surface area contributed by atoms with E-state index in [1.54, 1.807) is 24.4 Å². The Morgan fingerprint density at radius 2 is 2.33 bits per heavy atom. The number of rotatable bonds is 1. The van der Waals surface area contributed by atoms with Crippen LogP contribution >= 0.6 is 0 Å². The zero-order chi connectivity index (χ0) is 8.39. The van der Waals surface area contributed by atoms with Gasteiger partial charge in [0.05, 0.1) is 5.69 Å². The number of hydrogen-bond donors (Lipinski definition) is 0. The number of aromatic nitrogens is 1. The Bertz CT molecular complexity index is 323. The Balaban J connectivity index is 2.27. The molecule has 1 aromatic rings. The summed E-state index contributed by atoms with van der Waals surface area (Å²) in [5.74, 6) is -0.409. The topological polar surface area (TPSA) is 63.9 Å². The van der Waals surface area contributed by atoms with Gasteiger partial charge in [0.1, 0.15) is 0 Å². The smallest absolute Gasteiger partial charge is 0.317 e. The van der Waals surface area contributed by atoms with Crippen molar-refractivity contribution in [2.24, 2.45) is 10.4 Å². The van der Waals surface area contributed by atoms with Crippen LogP contribution in [0.1, 0.15) is 11.8 Å². The van der Waals surface area contributed by atoms with Gasteiger partial charge in [0.25, 0.3) is 6.10 Å². The highest BCUT2D eigenvalue weighted by Crippen LogP contribution is 2.21. The Hall–Kier alpha value is -1.78. The maximum absolute atomic E-state index is 10.9. The van der Waals surface area contributed by atoms with Crippen LogP contribution in [-0.2, 0) is 9.63 Å². The Morgan fingerprint density at radius 1 is 1.42 bits per heavy atom. The maximum Gasteiger partial charge on any atom is 0.317 e. The Morgan fingerprint density at radius 3 is 2.92 bits per heavy atom. The van der Waals surface area contributed by atoms with Gasteiger partial charge in [-0.15, -0.1) is 0 Å². The number of carbonyl (C=O) groups is 1. The summed E-state index contributed by atoms with van der Waals surface area (Å²) < 4.78 is 0. The molecule has 0 aromatic carbocycles. The fourth-order valence-corrected chi connectivity index (χ4v) is 0.920. The molecule has 0 bridgehead atoms. The standard InChI is InChI=1S/C7H5N3O2/c11-7-6(12-10-9-7)5-3-1-2-4-8-5/h1-4,6H. The van der Waals surface area contributed by atoms with E-state index in [1.807, 2.05) is 0 Å². The predicted octanol–water partition coefficient (Wildman–Crippen LogP) is 1.05. The summed E-state index contributed by atoms with van der Waals surface area (Å²) in [7, 11) is 0. The van der Waals surface area contributed by atoms with Crippen molar-refractivity contribution >= 4 is 5.91 Å². The zero-order valence-corrected chi connectivity index (χ0v) is 6.04. The van der Waals surface area contributed by atoms with E-state index >= 15 is 0 Å². The normalized spacial score (nSPS) is 21.0. The van der Waals surface area contributed by atoms with E-state index in [1.165, 1.54) is 0 Å². The molecule has 2 rings (SSSR count). The highest BCUT2D eigenvalue weighted by molar-refractivity contribution is 5.82. The highest BCUT2D eigenvalue weighted by atomic mass is 16.7. The van der Waals surface area contributed by atoms with Gasteiger partial charge in [0, 0.05) is 11.5 Å². The largest absolute Gasteiger partial charge is 0.359 e. The Labute approximate surface area is 68.1 Å². The average Bonchev–Trinajstić information content (AvgIpc) is 2.53. The number of carbonyl (C=O) groups excluding carboxylic acids is 1. The first-order valence-electron chi connectivity index (χ1n) is 3.39. The molecule has 0 radical (unpaired) electrons. The third-order valence-corrected chi connectivity index (χ3v) is 1.47. The predicted molar refractivity (Wildman–Crippen MR) is 37.9 cm³/mol. The van der Waals surface area contributed by atoms with E-state index in [0.717, 1.165) is 0 Å². The minimum absolute atomic E-state index is 0.409. The summed E-state index contributed by atoms with van der Waals surface area (Å²) in [6.07, 6.45) is 0.843. The lowest BCUT2D eigenvalue weighted by molar-refractivity contribution is -0.124. The van der Waals surface area contributed by atoms with Crippen molar-refractivity contribution in [3.63, 3.8) is 0 Å². The number of pyridine rings is 1. The molecule has 1 aliphatic heterocycles. The van der Waals surface area contributed by atoms with Crippen molar-refractivity contribution in [2.75, 3.05) is 0 Å². The zero-order valence-electron chi connectivity index (χ0n) is 6.04. The van der Waals surface area contributed by atoms with E-state index in [0.29, 0.717) is 5.69 Å². The lowest BCUT2D eigenvalue weighted by Gasteiger charge is -2.01. The molecule has 5 nitrogen and oxygen atoms in total. The quantitative estimate of drug-likeness (QED) is 0.621. The summed E-state index contributed by atoms with van der Waals surface area (Å²) >= 11 is 0. The third kappa shape index (κ3) is 1.05. The van der Waals surface area contributed by atoms with Gasteiger partial charge in [-0.2, -0.15) is 0 Å². The fraction of sp³-hybridized carbons (Fsp3) is 0.143. The molecule has 2 heterocycles. The minimum Gasteiger partial charge on any atom is -0.359 e. The Kier molecular flexibility index (Phi) is 1.55. The molecule has 60 valence electrons. The van der Waals surface area contributed by atoms with Crippen LogP contribution in [0.15, 0.2) is 34.8 Å². The van der Waals surface area contributed by atoms with Gasteiger partial charge < -0.3 is 4.84 Å². The summed E-state index contributed by atoms with van der Waals surface area (Å²) in [4.78, 5) is 19.6. The van der Waals surface area contributed by atoms with Crippen LogP contribution in [0.2, 0.25) is 0 Å². The van der Waals surface area contributed by atoms with E-state index in [-0.39, 0.29) is 0 Å². The molecule has 0 N–H and O–H groups in total. The summed E-state index contributed by atoms with van der Waals surface area (Å²) in [5.41, 5.74) is 0.535. The third-order valence-electron chi connectivity index (χ3n) is 1.47. The van der Waals surface area contributed by atoms with Gasteiger partial charge in [-0.05, 0) is 12.1 Å². The van der Waals surface area contributed by atoms with Crippen LogP contribution < -0.4 is 0 Å². The first-order valence-corrected chi connectivity index (χ1v) is 3.39. The molecule has 1 aromatic heterocycles. The van der Waals surface area contributed by atoms with Crippen molar-refractivity contribution in [3.8, 4) is 0 Å². The minimum atomic E-state index is -0.744. The lowest BCUT2D eigenvalue weighted by Crippen LogP contribution is -2.07. The molecule has 12 heavy (non-hydrogen) atoms. The molecule has 1 atom stereocenters. The van der Waals surface area contributed by atoms with Crippen molar-refractivity contribution in [1.29, 1.82) is 0 Å². The van der Waals surface area contributed by atoms with Gasteiger partial charge in [0.15, 0.2) is 0 Å². The molecule has 1 unspecified atom stereocenters. The van der Waals surface area contributed by atoms with Crippen LogP contribution in [0.5, 0.6) is 0 Å². The number of amides is 1. The van der Waals surface area contributed by atoms with Gasteiger partial charge in [0.2, 0.25) is 0 Å². The van der Waals surface area contributed by atoms with Crippen molar-refractivity contribution in [2.45, 2.75) is 6.10 Å². The van der Waals surface area contributed by atoms with Crippen LogP contribution in [0.4, 0.5) is 0 Å². The van der Waals surface area contributed by atoms with E-state index in [4.69, 9.17) is 4.84 Å². The maximum atomic E-state index is 10.9. The molecule has 1 aliphatic rings. The SMILES string of the molecule is O=C1N=NOC1c1ccccn1. The summed E-state index contributed by atoms with van der Waals surface area (Å²) in [5, 5.41) is 6.38. The van der Waals surface area contributed by atoms with Gasteiger partial charge in [-0.25, -0.2) is 0 Å². The van der Waals surface area contributed by atoms with E-state index < -0.39 is 12.0 Å². The van der Waals surface area contributed by atoms with Gasteiger partial charge in [-0.3, -0.25) is 9.78 Å².